The summed E-state index contributed by atoms with van der Waals surface area (Å²) in [5.41, 5.74) is -3.25. The molecule has 1 atom stereocenters. The lowest BCUT2D eigenvalue weighted by Crippen LogP contribution is -2.56. The van der Waals surface area contributed by atoms with Gasteiger partial charge in [0, 0.05) is 30.4 Å². The quantitative estimate of drug-likeness (QED) is 0.909. The molecular formula is C15H11F3N4O2. The summed E-state index contributed by atoms with van der Waals surface area (Å²) in [5, 5.41) is 14.0. The number of halogens is 3. The average molecular weight is 336 g/mol. The summed E-state index contributed by atoms with van der Waals surface area (Å²) >= 11 is 0. The zero-order valence-corrected chi connectivity index (χ0v) is 12.1. The molecule has 1 aliphatic rings. The van der Waals surface area contributed by atoms with Gasteiger partial charge in [-0.1, -0.05) is 0 Å². The van der Waals surface area contributed by atoms with Crippen molar-refractivity contribution >= 4 is 11.6 Å². The number of hydrogen-bond donors (Lipinski definition) is 1. The number of carbonyl (C=O) groups is 1. The smallest absolute Gasteiger partial charge is 0.362 e. The number of hydrazone groups is 1. The summed E-state index contributed by atoms with van der Waals surface area (Å²) in [5.74, 6) is -1.09. The van der Waals surface area contributed by atoms with Crippen molar-refractivity contribution in [1.29, 1.82) is 0 Å². The van der Waals surface area contributed by atoms with Crippen LogP contribution in [-0.4, -0.2) is 43.6 Å². The van der Waals surface area contributed by atoms with Crippen molar-refractivity contribution in [3.05, 3.63) is 60.2 Å². The Bertz CT molecular complexity index is 780. The van der Waals surface area contributed by atoms with Gasteiger partial charge in [0.15, 0.2) is 0 Å². The van der Waals surface area contributed by atoms with Crippen LogP contribution in [0.1, 0.15) is 22.3 Å². The first kappa shape index (κ1) is 16.1. The largest absolute Gasteiger partial charge is 0.438 e. The molecule has 1 amide bonds. The minimum absolute atomic E-state index is 0.0607. The fraction of sp³-hybridized carbons (Fsp3) is 0.200. The predicted octanol–water partition coefficient (Wildman–Crippen LogP) is 1.98. The molecule has 24 heavy (non-hydrogen) atoms. The van der Waals surface area contributed by atoms with Crippen molar-refractivity contribution in [1.82, 2.24) is 15.0 Å². The van der Waals surface area contributed by atoms with Gasteiger partial charge < -0.3 is 5.11 Å². The predicted molar refractivity (Wildman–Crippen MR) is 76.8 cm³/mol. The Kier molecular flexibility index (Phi) is 3.80. The standard InChI is InChI=1S/C15H11F3N4O2/c16-15(17,18)14(24)8-12(10-3-6-19-7-4-10)21-22(14)13(23)11-2-1-5-20-9-11/h1-7,9,24H,8H2. The highest BCUT2D eigenvalue weighted by Crippen LogP contribution is 2.41. The molecule has 0 saturated heterocycles. The maximum Gasteiger partial charge on any atom is 0.438 e. The van der Waals surface area contributed by atoms with Crippen LogP contribution < -0.4 is 0 Å². The molecule has 1 aliphatic heterocycles. The molecule has 0 saturated carbocycles. The van der Waals surface area contributed by atoms with Gasteiger partial charge in [0.2, 0.25) is 0 Å². The highest BCUT2D eigenvalue weighted by atomic mass is 19.4. The molecular weight excluding hydrogens is 325 g/mol. The van der Waals surface area contributed by atoms with Gasteiger partial charge in [0.25, 0.3) is 11.6 Å². The second kappa shape index (κ2) is 5.68. The minimum atomic E-state index is -5.08. The Morgan fingerprint density at radius 3 is 2.46 bits per heavy atom. The third-order valence-electron chi connectivity index (χ3n) is 3.55. The third-order valence-corrected chi connectivity index (χ3v) is 3.55. The number of aromatic nitrogens is 2. The molecule has 0 aromatic carbocycles. The van der Waals surface area contributed by atoms with E-state index in [-0.39, 0.29) is 16.3 Å². The van der Waals surface area contributed by atoms with Gasteiger partial charge >= 0.3 is 6.18 Å². The molecule has 1 N–H and O–H groups in total. The first-order valence-corrected chi connectivity index (χ1v) is 6.84. The Labute approximate surface area is 134 Å². The SMILES string of the molecule is O=C(c1cccnc1)N1N=C(c2ccncc2)CC1(O)C(F)(F)F. The Morgan fingerprint density at radius 2 is 1.88 bits per heavy atom. The first-order valence-electron chi connectivity index (χ1n) is 6.84. The van der Waals surface area contributed by atoms with Crippen molar-refractivity contribution in [3.63, 3.8) is 0 Å². The van der Waals surface area contributed by atoms with Crippen molar-refractivity contribution in [3.8, 4) is 0 Å². The summed E-state index contributed by atoms with van der Waals surface area (Å²) < 4.78 is 40.2. The van der Waals surface area contributed by atoms with Gasteiger partial charge in [-0.3, -0.25) is 14.8 Å². The zero-order chi connectivity index (χ0) is 17.4. The van der Waals surface area contributed by atoms with E-state index in [1.807, 2.05) is 0 Å². The molecule has 0 radical (unpaired) electrons. The number of alkyl halides is 3. The van der Waals surface area contributed by atoms with Crippen LogP contribution in [0.2, 0.25) is 0 Å². The molecule has 0 aliphatic carbocycles. The fourth-order valence-electron chi connectivity index (χ4n) is 2.30. The average Bonchev–Trinajstić information content (AvgIpc) is 2.95. The molecule has 2 aromatic rings. The van der Waals surface area contributed by atoms with Gasteiger partial charge in [-0.15, -0.1) is 0 Å². The van der Waals surface area contributed by atoms with Crippen molar-refractivity contribution in [2.45, 2.75) is 18.3 Å². The summed E-state index contributed by atoms with van der Waals surface area (Å²) in [6.07, 6.45) is -0.691. The summed E-state index contributed by atoms with van der Waals surface area (Å²) in [4.78, 5) is 19.9. The van der Waals surface area contributed by atoms with E-state index >= 15 is 0 Å². The molecule has 3 rings (SSSR count). The molecule has 6 nitrogen and oxygen atoms in total. The topological polar surface area (TPSA) is 78.7 Å². The lowest BCUT2D eigenvalue weighted by molar-refractivity contribution is -0.297. The third kappa shape index (κ3) is 2.62. The molecule has 9 heteroatoms. The fourth-order valence-corrected chi connectivity index (χ4v) is 2.30. The number of nitrogens with zero attached hydrogens (tertiary/aromatic N) is 4. The Morgan fingerprint density at radius 1 is 1.17 bits per heavy atom. The second-order valence-electron chi connectivity index (χ2n) is 5.13. The number of rotatable bonds is 2. The van der Waals surface area contributed by atoms with E-state index in [4.69, 9.17) is 0 Å². The highest BCUT2D eigenvalue weighted by Gasteiger charge is 2.63. The maximum absolute atomic E-state index is 13.4. The molecule has 0 bridgehead atoms. The lowest BCUT2D eigenvalue weighted by Gasteiger charge is -2.32. The highest BCUT2D eigenvalue weighted by molar-refractivity contribution is 6.05. The molecule has 124 valence electrons. The van der Waals surface area contributed by atoms with E-state index in [2.05, 4.69) is 15.1 Å². The van der Waals surface area contributed by atoms with E-state index in [0.29, 0.717) is 5.56 Å². The summed E-state index contributed by atoms with van der Waals surface area (Å²) in [7, 11) is 0. The number of carbonyl (C=O) groups excluding carboxylic acids is 1. The van der Waals surface area contributed by atoms with E-state index < -0.39 is 24.2 Å². The minimum Gasteiger partial charge on any atom is -0.362 e. The molecule has 0 fully saturated rings. The summed E-state index contributed by atoms with van der Waals surface area (Å²) in [6.45, 7) is 0. The number of amides is 1. The molecule has 3 heterocycles. The zero-order valence-electron chi connectivity index (χ0n) is 12.1. The molecule has 0 spiro atoms. The van der Waals surface area contributed by atoms with Crippen molar-refractivity contribution in [2.24, 2.45) is 5.10 Å². The van der Waals surface area contributed by atoms with Gasteiger partial charge in [0.05, 0.1) is 17.7 Å². The van der Waals surface area contributed by atoms with Crippen LogP contribution in [0.25, 0.3) is 0 Å². The molecule has 2 aromatic heterocycles. The van der Waals surface area contributed by atoms with Gasteiger partial charge in [-0.25, -0.2) is 0 Å². The number of aliphatic hydroxyl groups is 1. The van der Waals surface area contributed by atoms with Crippen LogP contribution in [0.15, 0.2) is 54.2 Å². The van der Waals surface area contributed by atoms with Gasteiger partial charge in [-0.2, -0.15) is 23.3 Å². The monoisotopic (exact) mass is 336 g/mol. The maximum atomic E-state index is 13.4. The van der Waals surface area contributed by atoms with Crippen LogP contribution in [0.4, 0.5) is 13.2 Å². The number of pyridine rings is 2. The number of hydrogen-bond acceptors (Lipinski definition) is 5. The van der Waals surface area contributed by atoms with E-state index in [0.717, 1.165) is 6.20 Å². The van der Waals surface area contributed by atoms with Crippen molar-refractivity contribution in [2.75, 3.05) is 0 Å². The second-order valence-corrected chi connectivity index (χ2v) is 5.13. The van der Waals surface area contributed by atoms with Crippen LogP contribution in [0.5, 0.6) is 0 Å². The van der Waals surface area contributed by atoms with Gasteiger partial charge in [-0.05, 0) is 24.3 Å². The van der Waals surface area contributed by atoms with Crippen LogP contribution in [0, 0.1) is 0 Å². The van der Waals surface area contributed by atoms with Crippen LogP contribution >= 0.6 is 0 Å². The Balaban J connectivity index is 2.05. The van der Waals surface area contributed by atoms with Crippen LogP contribution in [0.3, 0.4) is 0 Å². The normalized spacial score (nSPS) is 20.8. The van der Waals surface area contributed by atoms with Gasteiger partial charge in [0.1, 0.15) is 0 Å². The Hall–Kier alpha value is -2.81. The molecule has 1 unspecified atom stereocenters. The van der Waals surface area contributed by atoms with E-state index in [1.165, 1.54) is 42.9 Å². The van der Waals surface area contributed by atoms with Crippen molar-refractivity contribution < 1.29 is 23.1 Å². The lowest BCUT2D eigenvalue weighted by atomic mass is 10.0. The first-order chi connectivity index (χ1) is 11.3. The summed E-state index contributed by atoms with van der Waals surface area (Å²) in [6, 6.07) is 5.61. The van der Waals surface area contributed by atoms with Crippen LogP contribution in [-0.2, 0) is 0 Å². The van der Waals surface area contributed by atoms with E-state index in [9.17, 15) is 23.1 Å². The van der Waals surface area contributed by atoms with E-state index in [1.54, 1.807) is 0 Å².